The van der Waals surface area contributed by atoms with Gasteiger partial charge >= 0.3 is 7.82 Å². The lowest BCUT2D eigenvalue weighted by Crippen LogP contribution is -2.53. The Hall–Kier alpha value is -3.84. The molecule has 2 N–H and O–H groups in total. The highest BCUT2D eigenvalue weighted by Gasteiger charge is 2.42. The van der Waals surface area contributed by atoms with Gasteiger partial charge in [0, 0.05) is 18.5 Å². The van der Waals surface area contributed by atoms with Crippen molar-refractivity contribution in [2.45, 2.75) is 32.3 Å². The van der Waals surface area contributed by atoms with Crippen molar-refractivity contribution in [1.82, 2.24) is 15.0 Å². The topological polar surface area (TPSA) is 163 Å². The molecule has 0 bridgehead atoms. The number of nitrogens with zero attached hydrogens (tertiary/aromatic N) is 4. The fourth-order valence-corrected chi connectivity index (χ4v) is 4.06. The quantitative estimate of drug-likeness (QED) is 0.337. The van der Waals surface area contributed by atoms with Crippen molar-refractivity contribution in [3.63, 3.8) is 0 Å². The van der Waals surface area contributed by atoms with E-state index in [-0.39, 0.29) is 35.8 Å². The number of rotatable bonds is 10. The molecule has 0 unspecified atom stereocenters. The monoisotopic (exact) mass is 581 g/mol. The molecule has 40 heavy (non-hydrogen) atoms. The molecule has 2 aromatic heterocycles. The van der Waals surface area contributed by atoms with Crippen LogP contribution in [0.3, 0.4) is 0 Å². The zero-order valence-corrected chi connectivity index (χ0v) is 23.0. The fourth-order valence-electron chi connectivity index (χ4n) is 3.87. The first-order valence-electron chi connectivity index (χ1n) is 13.1. The number of aromatic nitrogens is 3. The number of amides is 1. The summed E-state index contributed by atoms with van der Waals surface area (Å²) < 4.78 is 76.7. The molecule has 0 atom stereocenters. The third-order valence-corrected chi connectivity index (χ3v) is 6.00. The summed E-state index contributed by atoms with van der Waals surface area (Å²) in [4.78, 5) is 44.3. The molecule has 0 saturated heterocycles. The molecule has 0 spiro atoms. The smallest absolute Gasteiger partial charge is 0.471 e. The molecule has 3 aromatic rings. The summed E-state index contributed by atoms with van der Waals surface area (Å²) in [6.07, 6.45) is -0.957. The Kier molecular flexibility index (Phi) is 7.13. The van der Waals surface area contributed by atoms with Gasteiger partial charge in [0.1, 0.15) is 12.5 Å². The van der Waals surface area contributed by atoms with Crippen LogP contribution in [0.2, 0.25) is 0 Å². The van der Waals surface area contributed by atoms with E-state index in [1.807, 2.05) is 0 Å². The third kappa shape index (κ3) is 6.31. The lowest BCUT2D eigenvalue weighted by atomic mass is 10.1. The normalized spacial score (nSPS) is 15.8. The molecule has 0 saturated carbocycles. The maximum Gasteiger partial charge on any atom is 0.471 e. The van der Waals surface area contributed by atoms with E-state index >= 15 is 4.39 Å². The van der Waals surface area contributed by atoms with Gasteiger partial charge in [0.05, 0.1) is 37.3 Å². The number of carbonyl (C=O) groups excluding carboxylic acids is 1. The number of ether oxygens (including phenoxy) is 4. The van der Waals surface area contributed by atoms with Crippen molar-refractivity contribution in [2.75, 3.05) is 32.9 Å². The van der Waals surface area contributed by atoms with E-state index < -0.39 is 43.8 Å². The molecule has 15 heteroatoms. The lowest BCUT2D eigenvalue weighted by molar-refractivity contribution is -0.133. The maximum absolute atomic E-state index is 15.0. The number of carbonyl (C=O) groups is 1. The molecule has 1 aromatic carbocycles. The van der Waals surface area contributed by atoms with Crippen LogP contribution in [-0.2, 0) is 26.7 Å². The molecule has 0 aliphatic carbocycles. The number of phosphoric ester groups is 1. The molecular weight excluding hydrogens is 550 g/mol. The van der Waals surface area contributed by atoms with Crippen LogP contribution >= 0.6 is 7.82 Å². The van der Waals surface area contributed by atoms with Crippen molar-refractivity contribution < 1.29 is 51.1 Å². The highest BCUT2D eigenvalue weighted by atomic mass is 31.2. The largest absolute Gasteiger partial charge is 0.493 e. The predicted molar refractivity (Wildman–Crippen MR) is 138 cm³/mol. The first kappa shape index (κ1) is 25.1. The number of phosphoric acid groups is 1. The number of benzene rings is 1. The van der Waals surface area contributed by atoms with E-state index in [1.54, 1.807) is 12.1 Å². The van der Waals surface area contributed by atoms with E-state index in [0.717, 1.165) is 0 Å². The Morgan fingerprint density at radius 3 is 2.40 bits per heavy atom. The van der Waals surface area contributed by atoms with Crippen molar-refractivity contribution in [3.05, 3.63) is 59.0 Å². The van der Waals surface area contributed by atoms with Crippen LogP contribution in [0.1, 0.15) is 40.7 Å². The minimum absolute atomic E-state index is 0.0542. The van der Waals surface area contributed by atoms with Gasteiger partial charge in [0.15, 0.2) is 34.5 Å². The van der Waals surface area contributed by atoms with Crippen molar-refractivity contribution >= 4 is 19.5 Å². The van der Waals surface area contributed by atoms with Crippen molar-refractivity contribution in [1.29, 1.82) is 0 Å². The van der Waals surface area contributed by atoms with E-state index in [9.17, 15) is 19.1 Å². The summed E-state index contributed by atoms with van der Waals surface area (Å²) in [6.45, 7) is -0.692. The van der Waals surface area contributed by atoms with Gasteiger partial charge in [-0.3, -0.25) is 14.2 Å². The van der Waals surface area contributed by atoms with E-state index in [0.29, 0.717) is 27.7 Å². The molecule has 1 amide bonds. The van der Waals surface area contributed by atoms with Gasteiger partial charge in [-0.1, -0.05) is 0 Å². The molecule has 13 nitrogen and oxygen atoms in total. The van der Waals surface area contributed by atoms with Gasteiger partial charge in [-0.2, -0.15) is 0 Å². The van der Waals surface area contributed by atoms with E-state index in [2.05, 4.69) is 19.5 Å². The van der Waals surface area contributed by atoms with Crippen molar-refractivity contribution in [3.8, 4) is 23.0 Å². The number of hydrogen-bond acceptors (Lipinski definition) is 10. The van der Waals surface area contributed by atoms with E-state index in [1.165, 1.54) is 47.3 Å². The predicted octanol–water partition coefficient (Wildman–Crippen LogP) is 2.79. The van der Waals surface area contributed by atoms with Crippen LogP contribution in [0.15, 0.2) is 30.4 Å². The fraction of sp³-hybridized carbons (Fsp3) is 0.360. The minimum atomic E-state index is -5.41. The third-order valence-electron chi connectivity index (χ3n) is 5.68. The summed E-state index contributed by atoms with van der Waals surface area (Å²) in [5.74, 6) is -1.44. The van der Waals surface area contributed by atoms with Crippen LogP contribution in [0.4, 0.5) is 10.2 Å². The first-order valence-corrected chi connectivity index (χ1v) is 13.1. The zero-order valence-electron chi connectivity index (χ0n) is 25.1. The molecule has 1 aliphatic rings. The van der Waals surface area contributed by atoms with Crippen LogP contribution in [-0.4, -0.2) is 64.3 Å². The van der Waals surface area contributed by atoms with Crippen LogP contribution in [0.5, 0.6) is 23.0 Å². The van der Waals surface area contributed by atoms with Gasteiger partial charge < -0.3 is 28.7 Å². The van der Waals surface area contributed by atoms with Crippen LogP contribution in [0.25, 0.3) is 0 Å². The Balaban J connectivity index is 1.72. The summed E-state index contributed by atoms with van der Waals surface area (Å²) in [6, 6.07) is 6.06. The second-order valence-corrected chi connectivity index (χ2v) is 10.1. The summed E-state index contributed by atoms with van der Waals surface area (Å²) >= 11 is 0. The summed E-state index contributed by atoms with van der Waals surface area (Å²) in [7, 11) is -1.05. The Bertz CT molecular complexity index is 1600. The van der Waals surface area contributed by atoms with Gasteiger partial charge in [0.25, 0.3) is 5.91 Å². The number of fused-ring (bicyclic) bond motifs is 1. The minimum Gasteiger partial charge on any atom is -0.493 e. The summed E-state index contributed by atoms with van der Waals surface area (Å²) in [5, 5.41) is 0. The van der Waals surface area contributed by atoms with Gasteiger partial charge in [-0.05, 0) is 43.7 Å². The number of halogens is 1. The van der Waals surface area contributed by atoms with Crippen LogP contribution < -0.4 is 23.8 Å². The highest BCUT2D eigenvalue weighted by molar-refractivity contribution is 7.46. The molecule has 3 heterocycles. The second-order valence-electron chi connectivity index (χ2n) is 8.95. The van der Waals surface area contributed by atoms with Crippen molar-refractivity contribution in [2.24, 2.45) is 0 Å². The molecule has 1 aliphatic heterocycles. The molecule has 214 valence electrons. The average Bonchev–Trinajstić information content (AvgIpc) is 2.90. The maximum atomic E-state index is 15.0. The number of pyridine rings is 1. The Labute approximate surface area is 233 Å². The Morgan fingerprint density at radius 2 is 1.80 bits per heavy atom. The molecule has 0 radical (unpaired) electrons. The number of methoxy groups -OCH3 is 3. The van der Waals surface area contributed by atoms with Crippen LogP contribution in [0, 0.1) is 5.82 Å². The average molecular weight is 582 g/mol. The lowest BCUT2D eigenvalue weighted by Gasteiger charge is -2.37. The number of anilines is 1. The first-order chi connectivity index (χ1) is 20.0. The van der Waals surface area contributed by atoms with E-state index in [4.69, 9.17) is 23.1 Å². The summed E-state index contributed by atoms with van der Waals surface area (Å²) in [5.41, 5.74) is -1.20. The second kappa shape index (κ2) is 11.3. The molecule has 0 fully saturated rings. The van der Waals surface area contributed by atoms with Gasteiger partial charge in [-0.25, -0.2) is 23.9 Å². The molecule has 4 rings (SSSR count). The zero-order chi connectivity index (χ0) is 31.9. The standard InChI is InChI=1S/C25H28FN4O9P/c1-25(2)24(31)30(13-38-40(32,33)34)23-18(39-25)7-6-15(28-23)11-17-16(26)12-27-21(29-17)10-14-8-19(35-3)22(37-5)20(9-14)36-4/h6-9,12H,10-11,13H2,1-5H3,(H2,32,33,34)/i12D,13D2. The number of hydrogen-bond donors (Lipinski definition) is 2. The highest BCUT2D eigenvalue weighted by Crippen LogP contribution is 2.41. The van der Waals surface area contributed by atoms with Gasteiger partial charge in [-0.15, -0.1) is 0 Å². The Morgan fingerprint density at radius 1 is 1.12 bits per heavy atom. The van der Waals surface area contributed by atoms with Gasteiger partial charge in [0.2, 0.25) is 5.75 Å². The SMILES string of the molecule is [2H]c1nc(Cc2cc(OC)c(OC)c(OC)c2)nc(Cc2ccc3c(n2)N(C([2H])([2H])OP(=O)(O)O)C(=O)C(C)(C)O3)c1F. The molecular formula is C25H28FN4O9P.